The molecule has 0 aromatic carbocycles. The minimum absolute atomic E-state index is 0.869. The van der Waals surface area contributed by atoms with Crippen LogP contribution < -0.4 is 0 Å². The first-order chi connectivity index (χ1) is 6.17. The number of hydrogen-bond donors (Lipinski definition) is 0. The average molecular weight is 184 g/mol. The van der Waals surface area contributed by atoms with Crippen molar-refractivity contribution in [1.29, 1.82) is 0 Å². The summed E-state index contributed by atoms with van der Waals surface area (Å²) >= 11 is 0. The van der Waals surface area contributed by atoms with Crippen molar-refractivity contribution < 1.29 is 0 Å². The Morgan fingerprint density at radius 1 is 0.846 bits per heavy atom. The highest BCUT2D eigenvalue weighted by atomic mass is 14.3. The van der Waals surface area contributed by atoms with Gasteiger partial charge in [-0.15, -0.1) is 0 Å². The quantitative estimate of drug-likeness (QED) is 0.528. The fourth-order valence-electron chi connectivity index (χ4n) is 2.66. The summed E-state index contributed by atoms with van der Waals surface area (Å²) < 4.78 is 0. The molecule has 0 aliphatic rings. The van der Waals surface area contributed by atoms with Crippen LogP contribution in [0.5, 0.6) is 0 Å². The lowest BCUT2D eigenvalue weighted by Gasteiger charge is -2.29. The molecule has 0 amide bonds. The maximum Gasteiger partial charge on any atom is -0.0365 e. The monoisotopic (exact) mass is 184 g/mol. The van der Waals surface area contributed by atoms with E-state index in [4.69, 9.17) is 0 Å². The summed E-state index contributed by atoms with van der Waals surface area (Å²) in [7, 11) is 0. The smallest absolute Gasteiger partial charge is 0.0365 e. The van der Waals surface area contributed by atoms with Gasteiger partial charge in [-0.2, -0.15) is 0 Å². The molecule has 0 spiro atoms. The van der Waals surface area contributed by atoms with Gasteiger partial charge in [-0.3, -0.25) is 0 Å². The Balaban J connectivity index is 4.11. The van der Waals surface area contributed by atoms with Crippen LogP contribution in [0.3, 0.4) is 0 Å². The van der Waals surface area contributed by atoms with Crippen LogP contribution in [-0.2, 0) is 0 Å². The summed E-state index contributed by atoms with van der Waals surface area (Å²) in [6.07, 6.45) is 6.94. The first kappa shape index (κ1) is 13.0. The van der Waals surface area contributed by atoms with E-state index in [9.17, 15) is 0 Å². The molecule has 0 nitrogen and oxygen atoms in total. The van der Waals surface area contributed by atoms with E-state index in [2.05, 4.69) is 34.6 Å². The Bertz CT molecular complexity index is 98.6. The lowest BCUT2D eigenvalue weighted by atomic mass is 9.77. The summed E-state index contributed by atoms with van der Waals surface area (Å²) in [6, 6.07) is 0. The molecule has 0 heterocycles. The van der Waals surface area contributed by atoms with Crippen LogP contribution in [0.4, 0.5) is 0 Å². The highest BCUT2D eigenvalue weighted by Crippen LogP contribution is 2.31. The number of rotatable bonds is 7. The van der Waals surface area contributed by atoms with Crippen molar-refractivity contribution >= 4 is 0 Å². The van der Waals surface area contributed by atoms with Crippen molar-refractivity contribution in [2.45, 2.75) is 66.7 Å². The normalized spacial score (nSPS) is 14.1. The molecular formula is C13H28. The van der Waals surface area contributed by atoms with Crippen molar-refractivity contribution in [3.8, 4) is 0 Å². The second-order valence-electron chi connectivity index (χ2n) is 4.65. The third kappa shape index (κ3) is 4.69. The maximum atomic E-state index is 2.38. The molecule has 0 fully saturated rings. The van der Waals surface area contributed by atoms with Crippen molar-refractivity contribution in [2.75, 3.05) is 0 Å². The van der Waals surface area contributed by atoms with Crippen molar-refractivity contribution in [3.63, 3.8) is 0 Å². The van der Waals surface area contributed by atoms with Crippen LogP contribution in [0.2, 0.25) is 0 Å². The zero-order valence-corrected chi connectivity index (χ0v) is 10.3. The SMILES string of the molecule is CCCC(CCC)C(CC)C(C)C. The summed E-state index contributed by atoms with van der Waals surface area (Å²) in [5.74, 6) is 2.81. The molecule has 0 heteroatoms. The van der Waals surface area contributed by atoms with E-state index in [1.54, 1.807) is 0 Å². The predicted octanol–water partition coefficient (Wildman–Crippen LogP) is 4.89. The molecule has 0 bridgehead atoms. The first-order valence-corrected chi connectivity index (χ1v) is 6.17. The Hall–Kier alpha value is 0. The second kappa shape index (κ2) is 7.41. The van der Waals surface area contributed by atoms with Gasteiger partial charge in [-0.1, -0.05) is 66.7 Å². The first-order valence-electron chi connectivity index (χ1n) is 6.17. The van der Waals surface area contributed by atoms with Gasteiger partial charge in [0.2, 0.25) is 0 Å². The maximum absolute atomic E-state index is 2.38. The van der Waals surface area contributed by atoms with Crippen molar-refractivity contribution in [2.24, 2.45) is 17.8 Å². The van der Waals surface area contributed by atoms with E-state index in [0.29, 0.717) is 0 Å². The van der Waals surface area contributed by atoms with Crippen LogP contribution in [0.25, 0.3) is 0 Å². The summed E-state index contributed by atoms with van der Waals surface area (Å²) in [6.45, 7) is 11.7. The highest BCUT2D eigenvalue weighted by Gasteiger charge is 2.20. The van der Waals surface area contributed by atoms with Crippen LogP contribution in [0, 0.1) is 17.8 Å². The van der Waals surface area contributed by atoms with E-state index in [-0.39, 0.29) is 0 Å². The summed E-state index contributed by atoms with van der Waals surface area (Å²) in [5, 5.41) is 0. The average Bonchev–Trinajstić information content (AvgIpc) is 2.05. The Morgan fingerprint density at radius 2 is 1.31 bits per heavy atom. The zero-order chi connectivity index (χ0) is 10.3. The van der Waals surface area contributed by atoms with Gasteiger partial charge in [0.25, 0.3) is 0 Å². The molecule has 0 aromatic rings. The van der Waals surface area contributed by atoms with E-state index < -0.39 is 0 Å². The van der Waals surface area contributed by atoms with E-state index >= 15 is 0 Å². The molecule has 0 rings (SSSR count). The minimum atomic E-state index is 0.869. The lowest BCUT2D eigenvalue weighted by Crippen LogP contribution is -2.19. The molecule has 0 saturated heterocycles. The topological polar surface area (TPSA) is 0 Å². The second-order valence-corrected chi connectivity index (χ2v) is 4.65. The van der Waals surface area contributed by atoms with E-state index in [1.807, 2.05) is 0 Å². The fourth-order valence-corrected chi connectivity index (χ4v) is 2.66. The molecular weight excluding hydrogens is 156 g/mol. The minimum Gasteiger partial charge on any atom is -0.0654 e. The molecule has 1 unspecified atom stereocenters. The molecule has 0 radical (unpaired) electrons. The van der Waals surface area contributed by atoms with Gasteiger partial charge < -0.3 is 0 Å². The molecule has 1 atom stereocenters. The predicted molar refractivity (Wildman–Crippen MR) is 61.9 cm³/mol. The largest absolute Gasteiger partial charge is 0.0654 e. The molecule has 80 valence electrons. The van der Waals surface area contributed by atoms with Crippen LogP contribution >= 0.6 is 0 Å². The lowest BCUT2D eigenvalue weighted by molar-refractivity contribution is 0.217. The molecule has 0 aliphatic carbocycles. The molecule has 0 saturated carbocycles. The van der Waals surface area contributed by atoms with Gasteiger partial charge in [-0.25, -0.2) is 0 Å². The summed E-state index contributed by atoms with van der Waals surface area (Å²) in [4.78, 5) is 0. The van der Waals surface area contributed by atoms with Crippen LogP contribution in [-0.4, -0.2) is 0 Å². The van der Waals surface area contributed by atoms with Crippen LogP contribution in [0.1, 0.15) is 66.7 Å². The molecule has 0 N–H and O–H groups in total. The molecule has 0 aromatic heterocycles. The standard InChI is InChI=1S/C13H28/c1-6-9-12(10-7-2)13(8-3)11(4)5/h11-13H,6-10H2,1-5H3. The van der Waals surface area contributed by atoms with Crippen LogP contribution in [0.15, 0.2) is 0 Å². The van der Waals surface area contributed by atoms with Gasteiger partial charge in [0.15, 0.2) is 0 Å². The third-order valence-corrected chi connectivity index (χ3v) is 3.25. The molecule has 13 heavy (non-hydrogen) atoms. The Kier molecular flexibility index (Phi) is 7.41. The zero-order valence-electron chi connectivity index (χ0n) is 10.3. The Labute approximate surface area is 85.1 Å². The third-order valence-electron chi connectivity index (χ3n) is 3.25. The van der Waals surface area contributed by atoms with Gasteiger partial charge in [0.1, 0.15) is 0 Å². The fraction of sp³-hybridized carbons (Fsp3) is 1.00. The Morgan fingerprint density at radius 3 is 1.54 bits per heavy atom. The van der Waals surface area contributed by atoms with Gasteiger partial charge in [0.05, 0.1) is 0 Å². The highest BCUT2D eigenvalue weighted by molar-refractivity contribution is 4.71. The number of hydrogen-bond acceptors (Lipinski definition) is 0. The van der Waals surface area contributed by atoms with Crippen molar-refractivity contribution in [3.05, 3.63) is 0 Å². The van der Waals surface area contributed by atoms with Gasteiger partial charge in [0, 0.05) is 0 Å². The summed E-state index contributed by atoms with van der Waals surface area (Å²) in [5.41, 5.74) is 0. The van der Waals surface area contributed by atoms with E-state index in [0.717, 1.165) is 17.8 Å². The van der Waals surface area contributed by atoms with Crippen molar-refractivity contribution in [1.82, 2.24) is 0 Å². The van der Waals surface area contributed by atoms with E-state index in [1.165, 1.54) is 32.1 Å². The van der Waals surface area contributed by atoms with Gasteiger partial charge >= 0.3 is 0 Å². The molecule has 0 aliphatic heterocycles. The van der Waals surface area contributed by atoms with Gasteiger partial charge in [-0.05, 0) is 17.8 Å².